The maximum Gasteiger partial charge on any atom is 0.152 e. The molecule has 0 saturated carbocycles. The molecule has 0 saturated heterocycles. The Morgan fingerprint density at radius 2 is 1.75 bits per heavy atom. The maximum absolute atomic E-state index is 8.11. The van der Waals surface area contributed by atoms with Crippen molar-refractivity contribution in [3.05, 3.63) is 4.91 Å². The molecule has 1 N–H and O–H groups in total. The van der Waals surface area contributed by atoms with E-state index >= 15 is 0 Å². The van der Waals surface area contributed by atoms with Gasteiger partial charge in [0.1, 0.15) is 0 Å². The summed E-state index contributed by atoms with van der Waals surface area (Å²) < 4.78 is 0. The normalized spacial score (nSPS) is 3.00. The molecule has 0 aromatic heterocycles. The summed E-state index contributed by atoms with van der Waals surface area (Å²) in [5.41, 5.74) is 0. The third-order valence-electron chi connectivity index (χ3n) is 0. The van der Waals surface area contributed by atoms with Crippen molar-refractivity contribution in [2.75, 3.05) is 0 Å². The zero-order valence-corrected chi connectivity index (χ0v) is 3.68. The zero-order valence-electron chi connectivity index (χ0n) is 1.88. The van der Waals surface area contributed by atoms with Gasteiger partial charge in [-0.2, -0.15) is 0 Å². The van der Waals surface area contributed by atoms with Gasteiger partial charge in [-0.25, -0.2) is 0 Å². The van der Waals surface area contributed by atoms with E-state index in [4.69, 9.17) is 10.1 Å². The summed E-state index contributed by atoms with van der Waals surface area (Å²) in [5, 5.41) is 7.89. The molecule has 0 rings (SSSR count). The van der Waals surface area contributed by atoms with E-state index in [1.165, 1.54) is 5.34 Å². The molecular weight excluding hydrogens is 91.0 g/mol. The molecule has 1 radical (unpaired) electrons. The molecule has 0 unspecified atom stereocenters. The predicted octanol–water partition coefficient (Wildman–Crippen LogP) is 0.140. The van der Waals surface area contributed by atoms with Crippen LogP contribution in [0.4, 0.5) is 0 Å². The zero-order chi connectivity index (χ0) is 2.71. The molecule has 4 heavy (non-hydrogen) atoms. The van der Waals surface area contributed by atoms with E-state index in [0.29, 0.717) is 0 Å². The second-order valence-corrected chi connectivity index (χ2v) is 0.0816. The second-order valence-electron chi connectivity index (χ2n) is 0.0816. The topological polar surface area (TPSA) is 49.7 Å². The minimum atomic E-state index is 0. The van der Waals surface area contributed by atoms with Gasteiger partial charge >= 0.3 is 0 Å². The summed E-state index contributed by atoms with van der Waals surface area (Å²) >= 11 is 0. The van der Waals surface area contributed by atoms with Gasteiger partial charge in [0.25, 0.3) is 0 Å². The molecule has 0 aliphatic carbocycles. The van der Waals surface area contributed by atoms with Crippen LogP contribution in [0.1, 0.15) is 0 Å². The predicted molar refractivity (Wildman–Crippen MR) is 7.58 cm³/mol. The van der Waals surface area contributed by atoms with Gasteiger partial charge in [-0.1, -0.05) is 0 Å². The van der Waals surface area contributed by atoms with Crippen LogP contribution in [-0.2, 0) is 25.8 Å². The Labute approximate surface area is 41.7 Å². The van der Waals surface area contributed by atoms with Gasteiger partial charge in [-0.15, -0.1) is 4.91 Å². The Hall–Kier alpha value is 0.270. The average molecular weight is 92.0 g/mol. The van der Waals surface area contributed by atoms with Crippen molar-refractivity contribution < 1.29 is 31.1 Å². The smallest absolute Gasteiger partial charge is 0.152 e. The minimum absolute atomic E-state index is 0. The van der Waals surface area contributed by atoms with Crippen LogP contribution in [0.2, 0.25) is 0 Å². The fourth-order valence-electron chi connectivity index (χ4n) is 0. The first kappa shape index (κ1) is 8.86. The van der Waals surface area contributed by atoms with Crippen molar-refractivity contribution in [2.45, 2.75) is 0 Å². The van der Waals surface area contributed by atoms with E-state index in [1.54, 1.807) is 0 Å². The van der Waals surface area contributed by atoms with E-state index in [-0.39, 0.29) is 25.8 Å². The Kier molecular flexibility index (Phi) is 23.1. The quantitative estimate of drug-likeness (QED) is 0.341. The van der Waals surface area contributed by atoms with E-state index in [2.05, 4.69) is 0 Å². The molecule has 0 fully saturated rings. The van der Waals surface area contributed by atoms with E-state index in [1.807, 2.05) is 0 Å². The third-order valence-corrected chi connectivity index (χ3v) is 0. The Morgan fingerprint density at radius 3 is 1.75 bits per heavy atom. The summed E-state index contributed by atoms with van der Waals surface area (Å²) in [6.07, 6.45) is 0. The molecule has 0 aliphatic heterocycles. The molecule has 4 heteroatoms. The van der Waals surface area contributed by atoms with Gasteiger partial charge in [-0.3, -0.25) is 0 Å². The molecule has 0 aromatic carbocycles. The van der Waals surface area contributed by atoms with Crippen molar-refractivity contribution in [1.29, 1.82) is 0 Å². The maximum atomic E-state index is 8.11. The van der Waals surface area contributed by atoms with Crippen molar-refractivity contribution in [2.24, 2.45) is 5.34 Å². The molecule has 3 nitrogen and oxygen atoms in total. The van der Waals surface area contributed by atoms with Crippen molar-refractivity contribution >= 4 is 0 Å². The Bertz CT molecular complexity index is 13.5. The van der Waals surface area contributed by atoms with E-state index < -0.39 is 0 Å². The summed E-state index contributed by atoms with van der Waals surface area (Å²) in [6.45, 7) is 0. The van der Waals surface area contributed by atoms with Gasteiger partial charge < -0.3 is 5.21 Å². The Morgan fingerprint density at radius 1 is 1.75 bits per heavy atom. The van der Waals surface area contributed by atoms with Gasteiger partial charge in [-0.05, 0) is 0 Å². The average Bonchev–Trinajstić information content (AvgIpc) is 0.918. The molecule has 0 spiro atoms. The van der Waals surface area contributed by atoms with Crippen LogP contribution >= 0.6 is 0 Å². The second kappa shape index (κ2) is 10.4. The van der Waals surface area contributed by atoms with Crippen molar-refractivity contribution in [1.82, 2.24) is 0 Å². The van der Waals surface area contributed by atoms with Crippen molar-refractivity contribution in [3.8, 4) is 0 Å². The van der Waals surface area contributed by atoms with Crippen LogP contribution < -0.4 is 0 Å². The van der Waals surface area contributed by atoms with E-state index in [0.717, 1.165) is 0 Å². The summed E-state index contributed by atoms with van der Waals surface area (Å²) in [5.74, 6) is 0. The molecule has 0 aliphatic rings. The van der Waals surface area contributed by atoms with Gasteiger partial charge in [0.2, 0.25) is 0 Å². The number of hydrogen-bond acceptors (Lipinski definition) is 2. The van der Waals surface area contributed by atoms with Gasteiger partial charge in [0.05, 0.1) is 0 Å². The summed E-state index contributed by atoms with van der Waals surface area (Å²) in [7, 11) is 0. The molecule has 0 aromatic rings. The summed E-state index contributed by atoms with van der Waals surface area (Å²) in [6, 6.07) is 0. The van der Waals surface area contributed by atoms with Gasteiger partial charge in [0, 0.05) is 25.8 Å². The summed E-state index contributed by atoms with van der Waals surface area (Å²) in [4.78, 5) is 8.11. The number of rotatable bonds is 0. The van der Waals surface area contributed by atoms with Crippen LogP contribution in [0, 0.1) is 4.91 Å². The third kappa shape index (κ3) is 50.2. The monoisotopic (exact) mass is 92.0 g/mol. The van der Waals surface area contributed by atoms with Crippen molar-refractivity contribution in [3.63, 3.8) is 0 Å². The first-order valence-corrected chi connectivity index (χ1v) is 0.383. The first-order valence-electron chi connectivity index (χ1n) is 0.383. The van der Waals surface area contributed by atoms with Crippen LogP contribution in [0.15, 0.2) is 5.34 Å². The molecular formula is HNO2Sc. The minimum Gasteiger partial charge on any atom is -0.379 e. The number of nitrogens with zero attached hydrogens (tertiary/aromatic N) is 1. The van der Waals surface area contributed by atoms with Crippen LogP contribution in [0.3, 0.4) is 0 Å². The van der Waals surface area contributed by atoms with Gasteiger partial charge in [0.15, 0.2) is 5.34 Å². The van der Waals surface area contributed by atoms with Crippen LogP contribution in [0.25, 0.3) is 0 Å². The van der Waals surface area contributed by atoms with Crippen LogP contribution in [0.5, 0.6) is 0 Å². The molecule has 0 heterocycles. The molecule has 0 amide bonds. The Balaban J connectivity index is 0. The number of hydrogen-bond donors (Lipinski definition) is 1. The molecule has 0 bridgehead atoms. The fourth-order valence-corrected chi connectivity index (χ4v) is 0. The van der Waals surface area contributed by atoms with E-state index in [9.17, 15) is 0 Å². The van der Waals surface area contributed by atoms with Crippen LogP contribution in [-0.4, -0.2) is 5.21 Å². The first-order chi connectivity index (χ1) is 1.41. The fraction of sp³-hybridized carbons (Fsp3) is 0. The molecule has 0 atom stereocenters. The standard InChI is InChI=1S/HNO2.Sc/c2-1-3;/h(H,2,3);. The molecule has 21 valence electrons. The largest absolute Gasteiger partial charge is 0.379 e. The SMILES string of the molecule is O=NO.[Sc].